The number of dihydropyridines is 1. The highest BCUT2D eigenvalue weighted by Crippen LogP contribution is 2.34. The van der Waals surface area contributed by atoms with E-state index < -0.39 is 6.55 Å². The molecule has 0 saturated carbocycles. The van der Waals surface area contributed by atoms with E-state index in [2.05, 4.69) is 10.3 Å². The van der Waals surface area contributed by atoms with Crippen molar-refractivity contribution >= 4 is 27.4 Å². The lowest BCUT2D eigenvalue weighted by molar-refractivity contribution is 0.0796. The van der Waals surface area contributed by atoms with Crippen molar-refractivity contribution in [2.75, 3.05) is 0 Å². The highest BCUT2D eigenvalue weighted by Gasteiger charge is 2.19. The Bertz CT molecular complexity index is 1000. The van der Waals surface area contributed by atoms with Gasteiger partial charge in [0.25, 0.3) is 0 Å². The predicted octanol–water partition coefficient (Wildman–Crippen LogP) is 4.77. The molecule has 6 heteroatoms. The number of allylic oxidation sites excluding steroid dienone is 2. The zero-order valence-corrected chi connectivity index (χ0v) is 12.8. The molecule has 0 fully saturated rings. The van der Waals surface area contributed by atoms with Crippen molar-refractivity contribution in [1.82, 2.24) is 14.9 Å². The molecule has 1 N–H and O–H groups in total. The predicted molar refractivity (Wildman–Crippen MR) is 88.3 cm³/mol. The van der Waals surface area contributed by atoms with Crippen LogP contribution >= 0.6 is 0 Å². The monoisotopic (exact) mass is 329 g/mol. The fourth-order valence-corrected chi connectivity index (χ4v) is 3.06. The Kier molecular flexibility index (Phi) is 3.33. The molecule has 1 unspecified atom stereocenters. The third kappa shape index (κ3) is 2.18. The molecular formula is C18H14F3N3. The summed E-state index contributed by atoms with van der Waals surface area (Å²) in [5.41, 5.74) is 2.13. The molecule has 3 heterocycles. The van der Waals surface area contributed by atoms with Crippen LogP contribution in [0.15, 0.2) is 54.8 Å². The average Bonchev–Trinajstić information content (AvgIpc) is 2.91. The molecule has 0 aliphatic carbocycles. The number of pyridine rings is 1. The average molecular weight is 329 g/mol. The summed E-state index contributed by atoms with van der Waals surface area (Å²) in [6.45, 7) is -0.960. The number of hydrogen-bond donors (Lipinski definition) is 1. The number of halogens is 3. The third-order valence-electron chi connectivity index (χ3n) is 4.33. The lowest BCUT2D eigenvalue weighted by Gasteiger charge is -2.17. The number of alkyl halides is 2. The number of benzene rings is 1. The van der Waals surface area contributed by atoms with Crippen molar-refractivity contribution in [3.8, 4) is 0 Å². The van der Waals surface area contributed by atoms with Crippen LogP contribution in [0.3, 0.4) is 0 Å². The molecule has 0 bridgehead atoms. The summed E-state index contributed by atoms with van der Waals surface area (Å²) in [5, 5.41) is 4.29. The van der Waals surface area contributed by atoms with Gasteiger partial charge in [0.15, 0.2) is 0 Å². The number of nitrogens with one attached hydrogen (secondary N) is 1. The van der Waals surface area contributed by atoms with Crippen LogP contribution < -0.4 is 5.32 Å². The number of hydrogen-bond acceptors (Lipinski definition) is 2. The number of fused-ring (bicyclic) bond motifs is 3. The molecule has 24 heavy (non-hydrogen) atoms. The van der Waals surface area contributed by atoms with Gasteiger partial charge in [0.2, 0.25) is 0 Å². The molecule has 1 aliphatic heterocycles. The van der Waals surface area contributed by atoms with E-state index in [0.717, 1.165) is 4.57 Å². The zero-order valence-electron chi connectivity index (χ0n) is 12.8. The lowest BCUT2D eigenvalue weighted by atomic mass is 10.0. The van der Waals surface area contributed by atoms with E-state index >= 15 is 0 Å². The Balaban J connectivity index is 1.96. The van der Waals surface area contributed by atoms with Gasteiger partial charge in [-0.25, -0.2) is 4.39 Å². The molecule has 122 valence electrons. The molecule has 0 spiro atoms. The molecule has 4 rings (SSSR count). The van der Waals surface area contributed by atoms with E-state index in [1.165, 1.54) is 12.3 Å². The van der Waals surface area contributed by atoms with Crippen LogP contribution in [0.4, 0.5) is 13.2 Å². The standard InChI is InChI=1S/C18H14F3N3/c1-10-15(19)6-12(8-23-10)11-2-3-13-14-9-22-5-4-16(14)24(18(20)21)17(13)7-11/h2-10,18,23H,1H3. The molecular weight excluding hydrogens is 315 g/mol. The Labute approximate surface area is 136 Å². The largest absolute Gasteiger partial charge is 0.382 e. The van der Waals surface area contributed by atoms with Crippen molar-refractivity contribution in [1.29, 1.82) is 0 Å². The minimum atomic E-state index is -2.67. The van der Waals surface area contributed by atoms with Gasteiger partial charge >= 0.3 is 6.55 Å². The highest BCUT2D eigenvalue weighted by atomic mass is 19.3. The molecule has 0 amide bonds. The fourth-order valence-electron chi connectivity index (χ4n) is 3.06. The number of nitrogens with zero attached hydrogens (tertiary/aromatic N) is 2. The number of aromatic nitrogens is 2. The van der Waals surface area contributed by atoms with E-state index in [9.17, 15) is 13.2 Å². The van der Waals surface area contributed by atoms with Crippen LogP contribution in [-0.2, 0) is 0 Å². The van der Waals surface area contributed by atoms with Crippen LogP contribution in [0.5, 0.6) is 0 Å². The summed E-state index contributed by atoms with van der Waals surface area (Å²) in [4.78, 5) is 4.03. The molecule has 1 aromatic carbocycles. The van der Waals surface area contributed by atoms with Crippen LogP contribution in [0.25, 0.3) is 27.4 Å². The second kappa shape index (κ2) is 5.40. The maximum absolute atomic E-state index is 13.8. The minimum Gasteiger partial charge on any atom is -0.382 e. The highest BCUT2D eigenvalue weighted by molar-refractivity contribution is 6.08. The van der Waals surface area contributed by atoms with Gasteiger partial charge in [0.1, 0.15) is 5.83 Å². The van der Waals surface area contributed by atoms with Gasteiger partial charge in [-0.1, -0.05) is 12.1 Å². The summed E-state index contributed by atoms with van der Waals surface area (Å²) >= 11 is 0. The SMILES string of the molecule is CC1NC=C(c2ccc3c4cnccc4n(C(F)F)c3c2)C=C1F. The molecule has 3 nitrogen and oxygen atoms in total. The van der Waals surface area contributed by atoms with E-state index in [1.54, 1.807) is 43.6 Å². The van der Waals surface area contributed by atoms with Crippen LogP contribution in [0.1, 0.15) is 19.0 Å². The van der Waals surface area contributed by atoms with Crippen LogP contribution in [0.2, 0.25) is 0 Å². The Morgan fingerprint density at radius 2 is 2.00 bits per heavy atom. The second-order valence-corrected chi connectivity index (χ2v) is 5.79. The first kappa shape index (κ1) is 14.8. The normalized spacial score (nSPS) is 18.0. The van der Waals surface area contributed by atoms with Crippen molar-refractivity contribution in [2.45, 2.75) is 19.5 Å². The first-order valence-electron chi connectivity index (χ1n) is 7.56. The van der Waals surface area contributed by atoms with E-state index in [-0.39, 0.29) is 11.9 Å². The molecule has 0 radical (unpaired) electrons. The Morgan fingerprint density at radius 3 is 2.75 bits per heavy atom. The molecule has 2 aromatic heterocycles. The molecule has 1 atom stereocenters. The van der Waals surface area contributed by atoms with Gasteiger partial charge in [-0.3, -0.25) is 9.55 Å². The van der Waals surface area contributed by atoms with Crippen LogP contribution in [0, 0.1) is 0 Å². The van der Waals surface area contributed by atoms with Gasteiger partial charge in [-0.2, -0.15) is 8.78 Å². The van der Waals surface area contributed by atoms with Crippen molar-refractivity contribution in [3.05, 3.63) is 60.3 Å². The van der Waals surface area contributed by atoms with Gasteiger partial charge in [0, 0.05) is 34.9 Å². The maximum atomic E-state index is 13.8. The van der Waals surface area contributed by atoms with Gasteiger partial charge in [-0.15, -0.1) is 0 Å². The summed E-state index contributed by atoms with van der Waals surface area (Å²) < 4.78 is 42.0. The van der Waals surface area contributed by atoms with Crippen molar-refractivity contribution in [2.24, 2.45) is 0 Å². The summed E-state index contributed by atoms with van der Waals surface area (Å²) in [5.74, 6) is -0.286. The Hall–Kier alpha value is -2.76. The second-order valence-electron chi connectivity index (χ2n) is 5.79. The number of rotatable bonds is 2. The summed E-state index contributed by atoms with van der Waals surface area (Å²) in [6, 6.07) is 6.44. The quantitative estimate of drug-likeness (QED) is 0.734. The summed E-state index contributed by atoms with van der Waals surface area (Å²) in [7, 11) is 0. The van der Waals surface area contributed by atoms with Crippen molar-refractivity contribution < 1.29 is 13.2 Å². The maximum Gasteiger partial charge on any atom is 0.319 e. The Morgan fingerprint density at radius 1 is 1.17 bits per heavy atom. The topological polar surface area (TPSA) is 29.9 Å². The van der Waals surface area contributed by atoms with E-state index in [4.69, 9.17) is 0 Å². The first-order chi connectivity index (χ1) is 11.6. The molecule has 3 aromatic rings. The smallest absolute Gasteiger partial charge is 0.319 e. The van der Waals surface area contributed by atoms with E-state index in [1.807, 2.05) is 0 Å². The van der Waals surface area contributed by atoms with E-state index in [0.29, 0.717) is 32.9 Å². The van der Waals surface area contributed by atoms with Crippen LogP contribution in [-0.4, -0.2) is 15.6 Å². The zero-order chi connectivity index (χ0) is 16.8. The molecule has 0 saturated heterocycles. The lowest BCUT2D eigenvalue weighted by Crippen LogP contribution is -2.24. The molecule has 1 aliphatic rings. The first-order valence-corrected chi connectivity index (χ1v) is 7.56. The fraction of sp³-hybridized carbons (Fsp3) is 0.167. The van der Waals surface area contributed by atoms with Crippen molar-refractivity contribution in [3.63, 3.8) is 0 Å². The third-order valence-corrected chi connectivity index (χ3v) is 4.33. The minimum absolute atomic E-state index is 0.286. The summed E-state index contributed by atoms with van der Waals surface area (Å²) in [6.07, 6.45) is 6.21. The van der Waals surface area contributed by atoms with Gasteiger partial charge in [-0.05, 0) is 30.7 Å². The van der Waals surface area contributed by atoms with Gasteiger partial charge in [0.05, 0.1) is 17.1 Å². The van der Waals surface area contributed by atoms with Gasteiger partial charge < -0.3 is 5.32 Å².